The molecule has 3 heterocycles. The molecule has 0 saturated carbocycles. The highest BCUT2D eigenvalue weighted by Gasteiger charge is 2.22. The van der Waals surface area contributed by atoms with Gasteiger partial charge in [-0.2, -0.15) is 0 Å². The number of furan rings is 1. The second-order valence-corrected chi connectivity index (χ2v) is 6.08. The number of ether oxygens (including phenoxy) is 2. The minimum Gasteiger partial charge on any atom is -0.497 e. The summed E-state index contributed by atoms with van der Waals surface area (Å²) in [5.74, 6) is 1.96. The van der Waals surface area contributed by atoms with Gasteiger partial charge in [-0.25, -0.2) is 4.98 Å². The van der Waals surface area contributed by atoms with E-state index in [0.29, 0.717) is 39.2 Å². The Morgan fingerprint density at radius 2 is 2.12 bits per heavy atom. The van der Waals surface area contributed by atoms with Gasteiger partial charge in [0.1, 0.15) is 28.6 Å². The Morgan fingerprint density at radius 3 is 2.80 bits per heavy atom. The molecule has 0 aliphatic carbocycles. The van der Waals surface area contributed by atoms with Gasteiger partial charge >= 0.3 is 0 Å². The van der Waals surface area contributed by atoms with Gasteiger partial charge in [-0.15, -0.1) is 11.3 Å². The van der Waals surface area contributed by atoms with E-state index in [1.165, 1.54) is 11.3 Å². The molecule has 4 rings (SSSR count). The summed E-state index contributed by atoms with van der Waals surface area (Å²) < 4.78 is 18.0. The molecular formula is C18H14N2O4S. The SMILES string of the molecule is COc1ccc(OC)c(-c2nc3scc(-c4ccco4)n3c2C=O)c1. The molecule has 0 fully saturated rings. The summed E-state index contributed by atoms with van der Waals surface area (Å²) in [7, 11) is 3.17. The normalized spacial score (nSPS) is 11.0. The Bertz CT molecular complexity index is 1050. The molecule has 0 saturated heterocycles. The number of thiazole rings is 1. The third-order valence-corrected chi connectivity index (χ3v) is 4.77. The number of nitrogens with zero attached hydrogens (tertiary/aromatic N) is 2. The zero-order chi connectivity index (χ0) is 17.4. The maximum Gasteiger partial charge on any atom is 0.195 e. The van der Waals surface area contributed by atoms with Crippen molar-refractivity contribution < 1.29 is 18.7 Å². The van der Waals surface area contributed by atoms with E-state index >= 15 is 0 Å². The molecule has 0 atom stereocenters. The summed E-state index contributed by atoms with van der Waals surface area (Å²) in [6.45, 7) is 0. The van der Waals surface area contributed by atoms with Gasteiger partial charge in [0.15, 0.2) is 17.0 Å². The quantitative estimate of drug-likeness (QED) is 0.504. The van der Waals surface area contributed by atoms with E-state index in [0.717, 1.165) is 12.0 Å². The highest BCUT2D eigenvalue weighted by molar-refractivity contribution is 7.15. The fourth-order valence-corrected chi connectivity index (χ4v) is 3.67. The fourth-order valence-electron chi connectivity index (χ4n) is 2.78. The monoisotopic (exact) mass is 354 g/mol. The van der Waals surface area contributed by atoms with Crippen molar-refractivity contribution in [2.45, 2.75) is 0 Å². The van der Waals surface area contributed by atoms with Crippen LogP contribution < -0.4 is 9.47 Å². The van der Waals surface area contributed by atoms with Crippen molar-refractivity contribution in [1.29, 1.82) is 0 Å². The maximum absolute atomic E-state index is 11.9. The predicted octanol–water partition coefficient (Wildman–Crippen LogP) is 4.15. The average Bonchev–Trinajstić information content (AvgIpc) is 3.36. The molecule has 0 unspecified atom stereocenters. The number of imidazole rings is 1. The largest absolute Gasteiger partial charge is 0.497 e. The van der Waals surface area contributed by atoms with Crippen LogP contribution in [0.3, 0.4) is 0 Å². The number of aldehydes is 1. The van der Waals surface area contributed by atoms with Gasteiger partial charge in [0, 0.05) is 10.9 Å². The molecule has 6 nitrogen and oxygen atoms in total. The van der Waals surface area contributed by atoms with Crippen LogP contribution in [0.2, 0.25) is 0 Å². The van der Waals surface area contributed by atoms with Gasteiger partial charge in [0.2, 0.25) is 0 Å². The first kappa shape index (κ1) is 15.5. The molecule has 4 aromatic rings. The summed E-state index contributed by atoms with van der Waals surface area (Å²) in [4.78, 5) is 17.2. The van der Waals surface area contributed by atoms with Gasteiger partial charge in [-0.3, -0.25) is 9.20 Å². The van der Waals surface area contributed by atoms with Gasteiger partial charge in [0.25, 0.3) is 0 Å². The van der Waals surface area contributed by atoms with E-state index in [-0.39, 0.29) is 0 Å². The van der Waals surface area contributed by atoms with Crippen LogP contribution >= 0.6 is 11.3 Å². The second-order valence-electron chi connectivity index (χ2n) is 5.25. The lowest BCUT2D eigenvalue weighted by Gasteiger charge is -2.09. The third-order valence-electron chi connectivity index (χ3n) is 3.95. The first-order chi connectivity index (χ1) is 12.3. The molecule has 0 spiro atoms. The van der Waals surface area contributed by atoms with Gasteiger partial charge in [-0.1, -0.05) is 0 Å². The number of benzene rings is 1. The van der Waals surface area contributed by atoms with Crippen molar-refractivity contribution in [1.82, 2.24) is 9.38 Å². The van der Waals surface area contributed by atoms with Crippen molar-refractivity contribution in [2.75, 3.05) is 14.2 Å². The highest BCUT2D eigenvalue weighted by atomic mass is 32.1. The third kappa shape index (κ3) is 2.40. The van der Waals surface area contributed by atoms with E-state index < -0.39 is 0 Å². The van der Waals surface area contributed by atoms with Crippen LogP contribution in [0.25, 0.3) is 27.7 Å². The number of rotatable bonds is 5. The minimum atomic E-state index is 0.439. The summed E-state index contributed by atoms with van der Waals surface area (Å²) in [6.07, 6.45) is 2.40. The number of hydrogen-bond acceptors (Lipinski definition) is 6. The first-order valence-electron chi connectivity index (χ1n) is 7.48. The zero-order valence-electron chi connectivity index (χ0n) is 13.6. The fraction of sp³-hybridized carbons (Fsp3) is 0.111. The number of methoxy groups -OCH3 is 2. The van der Waals surface area contributed by atoms with E-state index in [4.69, 9.17) is 13.9 Å². The van der Waals surface area contributed by atoms with Crippen molar-refractivity contribution in [3.05, 3.63) is 47.7 Å². The van der Waals surface area contributed by atoms with Gasteiger partial charge in [0.05, 0.1) is 20.5 Å². The molecule has 1 aromatic carbocycles. The van der Waals surface area contributed by atoms with Crippen LogP contribution in [-0.2, 0) is 0 Å². The van der Waals surface area contributed by atoms with Crippen molar-refractivity contribution in [3.8, 4) is 34.2 Å². The molecule has 0 radical (unpaired) electrons. The van der Waals surface area contributed by atoms with Crippen LogP contribution in [0.5, 0.6) is 11.5 Å². The minimum absolute atomic E-state index is 0.439. The Labute approximate surface area is 147 Å². The van der Waals surface area contributed by atoms with Crippen LogP contribution in [0.1, 0.15) is 10.5 Å². The summed E-state index contributed by atoms with van der Waals surface area (Å²) in [5.41, 5.74) is 2.47. The number of aromatic nitrogens is 2. The smallest absolute Gasteiger partial charge is 0.195 e. The van der Waals surface area contributed by atoms with Gasteiger partial charge < -0.3 is 13.9 Å². The molecule has 126 valence electrons. The molecule has 0 aliphatic heterocycles. The summed E-state index contributed by atoms with van der Waals surface area (Å²) in [6, 6.07) is 9.06. The number of carbonyl (C=O) groups excluding carboxylic acids is 1. The van der Waals surface area contributed by atoms with Crippen LogP contribution in [0.15, 0.2) is 46.4 Å². The molecule has 7 heteroatoms. The van der Waals surface area contributed by atoms with Gasteiger partial charge in [-0.05, 0) is 30.3 Å². The molecule has 0 bridgehead atoms. The van der Waals surface area contributed by atoms with E-state index in [1.54, 1.807) is 37.0 Å². The van der Waals surface area contributed by atoms with Crippen LogP contribution in [-0.4, -0.2) is 29.9 Å². The first-order valence-corrected chi connectivity index (χ1v) is 8.36. The van der Waals surface area contributed by atoms with Crippen LogP contribution in [0.4, 0.5) is 0 Å². The molecular weight excluding hydrogens is 340 g/mol. The highest BCUT2D eigenvalue weighted by Crippen LogP contribution is 2.37. The van der Waals surface area contributed by atoms with E-state index in [9.17, 15) is 4.79 Å². The zero-order valence-corrected chi connectivity index (χ0v) is 14.4. The van der Waals surface area contributed by atoms with Crippen molar-refractivity contribution in [3.63, 3.8) is 0 Å². The Balaban J connectivity index is 1.99. The standard InChI is InChI=1S/C18H14N2O4S/c1-22-11-5-6-15(23-2)12(8-11)17-13(9-21)20-14(10-25-18(20)19-17)16-4-3-7-24-16/h3-10H,1-2H3. The summed E-state index contributed by atoms with van der Waals surface area (Å²) in [5, 5.41) is 1.92. The Morgan fingerprint density at radius 1 is 1.24 bits per heavy atom. The lowest BCUT2D eigenvalue weighted by atomic mass is 10.1. The number of hydrogen-bond donors (Lipinski definition) is 0. The van der Waals surface area contributed by atoms with E-state index in [2.05, 4.69) is 4.98 Å². The molecule has 0 aliphatic rings. The topological polar surface area (TPSA) is 66.0 Å². The Kier molecular flexibility index (Phi) is 3.77. The lowest BCUT2D eigenvalue weighted by molar-refractivity contribution is 0.111. The molecule has 25 heavy (non-hydrogen) atoms. The Hall–Kier alpha value is -3.06. The number of fused-ring (bicyclic) bond motifs is 1. The molecule has 0 amide bonds. The van der Waals surface area contributed by atoms with Crippen molar-refractivity contribution in [2.24, 2.45) is 0 Å². The van der Waals surface area contributed by atoms with Crippen LogP contribution in [0, 0.1) is 0 Å². The molecule has 0 N–H and O–H groups in total. The number of carbonyl (C=O) groups is 1. The second kappa shape index (κ2) is 6.10. The van der Waals surface area contributed by atoms with E-state index in [1.807, 2.05) is 23.6 Å². The maximum atomic E-state index is 11.9. The average molecular weight is 354 g/mol. The predicted molar refractivity (Wildman–Crippen MR) is 94.7 cm³/mol. The van der Waals surface area contributed by atoms with Crippen molar-refractivity contribution >= 4 is 22.6 Å². The summed E-state index contributed by atoms with van der Waals surface area (Å²) >= 11 is 1.44. The molecule has 3 aromatic heterocycles. The lowest BCUT2D eigenvalue weighted by Crippen LogP contribution is -1.96.